The number of hydrogen-bond donors (Lipinski definition) is 1. The van der Waals surface area contributed by atoms with Crippen LogP contribution in [0.4, 0.5) is 11.4 Å². The summed E-state index contributed by atoms with van der Waals surface area (Å²) in [4.78, 5) is 30.0. The van der Waals surface area contributed by atoms with Crippen LogP contribution in [0.5, 0.6) is 5.75 Å². The molecular weight excluding hydrogens is 410 g/mol. The maximum atomic E-state index is 12.6. The zero-order valence-electron chi connectivity index (χ0n) is 17.9. The van der Waals surface area contributed by atoms with Crippen molar-refractivity contribution in [3.63, 3.8) is 0 Å². The molecule has 4 rings (SSSR count). The molecule has 0 spiro atoms. The van der Waals surface area contributed by atoms with Crippen LogP contribution in [0.15, 0.2) is 47.4 Å². The summed E-state index contributed by atoms with van der Waals surface area (Å²) in [6.07, 6.45) is 2.43. The fourth-order valence-corrected chi connectivity index (χ4v) is 4.91. The molecule has 0 aliphatic carbocycles. The molecule has 2 aromatic rings. The third-order valence-corrected chi connectivity index (χ3v) is 6.93. The van der Waals surface area contributed by atoms with Gasteiger partial charge in [-0.1, -0.05) is 18.2 Å². The summed E-state index contributed by atoms with van der Waals surface area (Å²) in [6.45, 7) is 5.03. The van der Waals surface area contributed by atoms with Crippen molar-refractivity contribution in [2.24, 2.45) is 0 Å². The van der Waals surface area contributed by atoms with Crippen molar-refractivity contribution in [3.05, 3.63) is 48.0 Å². The normalized spacial score (nSPS) is 16.5. The number of hydrogen-bond acceptors (Lipinski definition) is 6. The van der Waals surface area contributed by atoms with Crippen molar-refractivity contribution in [3.8, 4) is 5.75 Å². The van der Waals surface area contributed by atoms with E-state index >= 15 is 0 Å². The van der Waals surface area contributed by atoms with Gasteiger partial charge in [-0.15, -0.1) is 11.8 Å². The van der Waals surface area contributed by atoms with Gasteiger partial charge in [-0.2, -0.15) is 0 Å². The average Bonchev–Trinajstić information content (AvgIpc) is 2.81. The number of methoxy groups -OCH3 is 1. The lowest BCUT2D eigenvalue weighted by molar-refractivity contribution is -0.113. The molecule has 2 aliphatic rings. The molecule has 0 radical (unpaired) electrons. The molecule has 0 bridgehead atoms. The number of thioether (sulfide) groups is 1. The molecule has 31 heavy (non-hydrogen) atoms. The fourth-order valence-electron chi connectivity index (χ4n) is 4.13. The lowest BCUT2D eigenvalue weighted by atomic mass is 10.0. The minimum absolute atomic E-state index is 0.00657. The Hall–Kier alpha value is -2.51. The van der Waals surface area contributed by atoms with Gasteiger partial charge in [0.05, 0.1) is 24.2 Å². The van der Waals surface area contributed by atoms with Crippen molar-refractivity contribution in [2.75, 3.05) is 55.8 Å². The molecular formula is C24H29N3O3S. The van der Waals surface area contributed by atoms with Crippen LogP contribution in [0, 0.1) is 0 Å². The molecule has 2 aliphatic heterocycles. The van der Waals surface area contributed by atoms with Gasteiger partial charge < -0.3 is 15.0 Å². The van der Waals surface area contributed by atoms with Gasteiger partial charge in [-0.05, 0) is 43.7 Å². The number of nitrogens with one attached hydrogen (secondary N) is 1. The van der Waals surface area contributed by atoms with Crippen molar-refractivity contribution in [1.82, 2.24) is 4.90 Å². The molecule has 1 fully saturated rings. The summed E-state index contributed by atoms with van der Waals surface area (Å²) >= 11 is 1.52. The number of rotatable bonds is 8. The van der Waals surface area contributed by atoms with Gasteiger partial charge in [0.1, 0.15) is 5.75 Å². The average molecular weight is 440 g/mol. The van der Waals surface area contributed by atoms with Crippen LogP contribution < -0.4 is 15.0 Å². The quantitative estimate of drug-likeness (QED) is 0.497. The number of piperazine rings is 1. The van der Waals surface area contributed by atoms with E-state index in [4.69, 9.17) is 4.74 Å². The molecule has 2 heterocycles. The highest BCUT2D eigenvalue weighted by Crippen LogP contribution is 2.32. The Bertz CT molecular complexity index is 941. The van der Waals surface area contributed by atoms with E-state index in [2.05, 4.69) is 27.2 Å². The van der Waals surface area contributed by atoms with E-state index in [-0.39, 0.29) is 11.7 Å². The number of ketones is 1. The highest BCUT2D eigenvalue weighted by atomic mass is 32.2. The third-order valence-electron chi connectivity index (χ3n) is 5.86. The molecule has 0 saturated carbocycles. The number of unbranched alkanes of at least 4 members (excludes halogenated alkanes) is 1. The van der Waals surface area contributed by atoms with E-state index in [1.807, 2.05) is 30.3 Å². The van der Waals surface area contributed by atoms with Gasteiger partial charge in [0.15, 0.2) is 5.78 Å². The van der Waals surface area contributed by atoms with Crippen LogP contribution in [0.25, 0.3) is 0 Å². The molecule has 1 N–H and O–H groups in total. The number of benzene rings is 2. The van der Waals surface area contributed by atoms with Crippen molar-refractivity contribution < 1.29 is 14.3 Å². The largest absolute Gasteiger partial charge is 0.495 e. The van der Waals surface area contributed by atoms with Crippen molar-refractivity contribution in [1.29, 1.82) is 0 Å². The smallest absolute Gasteiger partial charge is 0.234 e. The van der Waals surface area contributed by atoms with Crippen LogP contribution in [0.1, 0.15) is 29.6 Å². The first-order valence-corrected chi connectivity index (χ1v) is 11.8. The Morgan fingerprint density at radius 1 is 1.10 bits per heavy atom. The van der Waals surface area contributed by atoms with Crippen LogP contribution in [0.3, 0.4) is 0 Å². The zero-order valence-corrected chi connectivity index (χ0v) is 18.7. The van der Waals surface area contributed by atoms with Gasteiger partial charge >= 0.3 is 0 Å². The van der Waals surface area contributed by atoms with Crippen LogP contribution in [-0.4, -0.2) is 62.2 Å². The molecule has 1 saturated heterocycles. The van der Waals surface area contributed by atoms with Crippen molar-refractivity contribution >= 4 is 34.8 Å². The Morgan fingerprint density at radius 3 is 2.71 bits per heavy atom. The highest BCUT2D eigenvalue weighted by molar-refractivity contribution is 8.00. The molecule has 6 nitrogen and oxygen atoms in total. The second-order valence-corrected chi connectivity index (χ2v) is 8.95. The van der Waals surface area contributed by atoms with E-state index in [1.54, 1.807) is 7.11 Å². The van der Waals surface area contributed by atoms with E-state index in [9.17, 15) is 9.59 Å². The zero-order chi connectivity index (χ0) is 21.6. The number of Topliss-reactive ketones (excluding diaryl/α,β-unsaturated/α-hetero) is 1. The van der Waals surface area contributed by atoms with Crippen LogP contribution >= 0.6 is 11.8 Å². The van der Waals surface area contributed by atoms with Crippen LogP contribution in [0.2, 0.25) is 0 Å². The molecule has 1 amide bonds. The SMILES string of the molecule is COc1ccccc1N1CCN(CCCCC(=O)c2ccc3c(c2)NC(=O)CS3)CC1. The second kappa shape index (κ2) is 10.2. The molecule has 164 valence electrons. The van der Waals surface area contributed by atoms with Gasteiger partial charge in [-0.25, -0.2) is 0 Å². The predicted octanol–water partition coefficient (Wildman–Crippen LogP) is 3.91. The fraction of sp³-hybridized carbons (Fsp3) is 0.417. The number of fused-ring (bicyclic) bond motifs is 1. The summed E-state index contributed by atoms with van der Waals surface area (Å²) in [5.41, 5.74) is 2.61. The van der Waals surface area contributed by atoms with Gasteiger partial charge in [-0.3, -0.25) is 14.5 Å². The summed E-state index contributed by atoms with van der Waals surface area (Å²) in [6, 6.07) is 13.8. The molecule has 0 unspecified atom stereocenters. The molecule has 2 aromatic carbocycles. The summed E-state index contributed by atoms with van der Waals surface area (Å²) in [7, 11) is 1.72. The maximum absolute atomic E-state index is 12.6. The number of carbonyl (C=O) groups excluding carboxylic acids is 2. The standard InChI is InChI=1S/C24H29N3O3S/c1-30-22-8-3-2-6-20(22)27-14-12-26(13-15-27)11-5-4-7-21(28)18-9-10-23-19(16-18)25-24(29)17-31-23/h2-3,6,8-10,16H,4-5,7,11-15,17H2,1H3,(H,25,29). The van der Waals surface area contributed by atoms with Crippen LogP contribution in [-0.2, 0) is 4.79 Å². The first-order chi connectivity index (χ1) is 15.1. The van der Waals surface area contributed by atoms with Gasteiger partial charge in [0.25, 0.3) is 0 Å². The number of carbonyl (C=O) groups is 2. The number of nitrogens with zero attached hydrogens (tertiary/aromatic N) is 2. The van der Waals surface area contributed by atoms with Gasteiger partial charge in [0, 0.05) is 43.1 Å². The van der Waals surface area contributed by atoms with E-state index in [0.29, 0.717) is 17.7 Å². The number of amides is 1. The van der Waals surface area contributed by atoms with E-state index < -0.39 is 0 Å². The van der Waals surface area contributed by atoms with Gasteiger partial charge in [0.2, 0.25) is 5.91 Å². The number of para-hydroxylation sites is 2. The Morgan fingerprint density at radius 2 is 1.90 bits per heavy atom. The number of ether oxygens (including phenoxy) is 1. The molecule has 0 aromatic heterocycles. The van der Waals surface area contributed by atoms with E-state index in [0.717, 1.165) is 67.6 Å². The Kier molecular flexibility index (Phi) is 7.14. The summed E-state index contributed by atoms with van der Waals surface area (Å²) < 4.78 is 5.49. The minimum Gasteiger partial charge on any atom is -0.495 e. The summed E-state index contributed by atoms with van der Waals surface area (Å²) in [5, 5.41) is 2.86. The number of anilines is 2. The Balaban J connectivity index is 1.19. The lowest BCUT2D eigenvalue weighted by Gasteiger charge is -2.36. The van der Waals surface area contributed by atoms with Crippen molar-refractivity contribution in [2.45, 2.75) is 24.2 Å². The minimum atomic E-state index is -0.00657. The monoisotopic (exact) mass is 439 g/mol. The molecule has 7 heteroatoms. The first kappa shape index (κ1) is 21.7. The lowest BCUT2D eigenvalue weighted by Crippen LogP contribution is -2.46. The van der Waals surface area contributed by atoms with E-state index in [1.165, 1.54) is 11.8 Å². The second-order valence-electron chi connectivity index (χ2n) is 7.93. The topological polar surface area (TPSA) is 61.9 Å². The maximum Gasteiger partial charge on any atom is 0.234 e. The third kappa shape index (κ3) is 5.40. The summed E-state index contributed by atoms with van der Waals surface area (Å²) in [5.74, 6) is 1.50. The predicted molar refractivity (Wildman–Crippen MR) is 126 cm³/mol. The molecule has 0 atom stereocenters. The Labute approximate surface area is 187 Å². The highest BCUT2D eigenvalue weighted by Gasteiger charge is 2.20. The first-order valence-electron chi connectivity index (χ1n) is 10.8.